The van der Waals surface area contributed by atoms with Crippen molar-refractivity contribution in [1.29, 1.82) is 0 Å². The molecule has 1 heterocycles. The van der Waals surface area contributed by atoms with Crippen molar-refractivity contribution in [3.63, 3.8) is 0 Å². The van der Waals surface area contributed by atoms with Crippen LogP contribution in [-0.2, 0) is 16.0 Å². The number of likely N-dealkylation sites (tertiary alicyclic amines) is 1. The summed E-state index contributed by atoms with van der Waals surface area (Å²) in [5.74, 6) is 1.73. The van der Waals surface area contributed by atoms with E-state index in [1.54, 1.807) is 7.05 Å². The van der Waals surface area contributed by atoms with E-state index in [2.05, 4.69) is 33.1 Å². The van der Waals surface area contributed by atoms with Gasteiger partial charge in [-0.3, -0.25) is 14.6 Å². The lowest BCUT2D eigenvalue weighted by atomic mass is 9.85. The van der Waals surface area contributed by atoms with Gasteiger partial charge in [0.2, 0.25) is 11.8 Å². The highest BCUT2D eigenvalue weighted by molar-refractivity contribution is 14.0. The van der Waals surface area contributed by atoms with E-state index < -0.39 is 0 Å². The third-order valence-electron chi connectivity index (χ3n) is 6.01. The Balaban J connectivity index is 0.00000341. The maximum Gasteiger partial charge on any atom is 0.223 e. The summed E-state index contributed by atoms with van der Waals surface area (Å²) >= 11 is 0. The quantitative estimate of drug-likeness (QED) is 0.184. The highest BCUT2D eigenvalue weighted by Gasteiger charge is 2.29. The summed E-state index contributed by atoms with van der Waals surface area (Å²) in [4.78, 5) is 30.3. The molecule has 8 heteroatoms. The smallest absolute Gasteiger partial charge is 0.223 e. The van der Waals surface area contributed by atoms with Gasteiger partial charge in [0.05, 0.1) is 0 Å². The van der Waals surface area contributed by atoms with E-state index in [9.17, 15) is 9.59 Å². The lowest BCUT2D eigenvalue weighted by Crippen LogP contribution is -2.41. The van der Waals surface area contributed by atoms with Crippen LogP contribution in [0.3, 0.4) is 0 Å². The zero-order valence-electron chi connectivity index (χ0n) is 18.4. The number of aliphatic imine (C=N–C) groups is 1. The summed E-state index contributed by atoms with van der Waals surface area (Å²) in [6.07, 6.45) is 5.59. The Kier molecular flexibility index (Phi) is 11.1. The van der Waals surface area contributed by atoms with Gasteiger partial charge in [0.25, 0.3) is 0 Å². The van der Waals surface area contributed by atoms with Crippen LogP contribution in [0.15, 0.2) is 35.3 Å². The summed E-state index contributed by atoms with van der Waals surface area (Å²) in [5.41, 5.74) is 1.26. The number of rotatable bonds is 10. The van der Waals surface area contributed by atoms with Crippen LogP contribution in [0.1, 0.15) is 37.7 Å². The predicted molar refractivity (Wildman–Crippen MR) is 135 cm³/mol. The Morgan fingerprint density at radius 2 is 1.87 bits per heavy atom. The Morgan fingerprint density at radius 3 is 2.55 bits per heavy atom. The van der Waals surface area contributed by atoms with Gasteiger partial charge < -0.3 is 20.9 Å². The van der Waals surface area contributed by atoms with Crippen LogP contribution >= 0.6 is 24.0 Å². The molecule has 172 valence electrons. The molecule has 31 heavy (non-hydrogen) atoms. The molecular weight excluding hydrogens is 505 g/mol. The van der Waals surface area contributed by atoms with E-state index in [4.69, 9.17) is 0 Å². The number of carbonyl (C=O) groups excluding carboxylic acids is 2. The van der Waals surface area contributed by atoms with Gasteiger partial charge in [0.15, 0.2) is 5.96 Å². The molecule has 0 spiro atoms. The summed E-state index contributed by atoms with van der Waals surface area (Å²) in [5, 5.41) is 9.62. The van der Waals surface area contributed by atoms with Gasteiger partial charge in [-0.15, -0.1) is 24.0 Å². The molecule has 3 rings (SSSR count). The van der Waals surface area contributed by atoms with Crippen LogP contribution in [0.2, 0.25) is 0 Å². The number of amides is 2. The molecule has 0 radical (unpaired) electrons. The van der Waals surface area contributed by atoms with E-state index in [0.29, 0.717) is 18.9 Å². The Bertz CT molecular complexity index is 724. The Hall–Kier alpha value is -1.84. The number of benzene rings is 1. The Morgan fingerprint density at radius 1 is 1.13 bits per heavy atom. The number of hydrogen-bond donors (Lipinski definition) is 3. The van der Waals surface area contributed by atoms with Crippen LogP contribution in [0.25, 0.3) is 0 Å². The van der Waals surface area contributed by atoms with E-state index in [1.807, 2.05) is 23.1 Å². The summed E-state index contributed by atoms with van der Waals surface area (Å²) in [7, 11) is 1.75. The van der Waals surface area contributed by atoms with Gasteiger partial charge in [0, 0.05) is 58.0 Å². The van der Waals surface area contributed by atoms with E-state index >= 15 is 0 Å². The van der Waals surface area contributed by atoms with Crippen molar-refractivity contribution in [2.75, 3.05) is 39.8 Å². The molecule has 1 saturated carbocycles. The summed E-state index contributed by atoms with van der Waals surface area (Å²) in [6, 6.07) is 10.3. The summed E-state index contributed by atoms with van der Waals surface area (Å²) < 4.78 is 0. The second-order valence-corrected chi connectivity index (χ2v) is 8.30. The van der Waals surface area contributed by atoms with Crippen molar-refractivity contribution in [3.8, 4) is 0 Å². The van der Waals surface area contributed by atoms with Crippen molar-refractivity contribution in [2.24, 2.45) is 16.8 Å². The number of carbonyl (C=O) groups is 2. The molecule has 1 aromatic rings. The van der Waals surface area contributed by atoms with Gasteiger partial charge in [-0.1, -0.05) is 36.8 Å². The fraction of sp³-hybridized carbons (Fsp3) is 0.609. The number of nitrogens with one attached hydrogen (secondary N) is 3. The molecule has 0 bridgehead atoms. The minimum Gasteiger partial charge on any atom is -0.356 e. The van der Waals surface area contributed by atoms with Gasteiger partial charge in [-0.05, 0) is 31.2 Å². The first kappa shape index (κ1) is 25.4. The van der Waals surface area contributed by atoms with E-state index in [1.165, 1.54) is 12.0 Å². The monoisotopic (exact) mass is 541 g/mol. The molecule has 2 fully saturated rings. The van der Waals surface area contributed by atoms with Crippen LogP contribution in [-0.4, -0.2) is 62.4 Å². The van der Waals surface area contributed by atoms with Crippen molar-refractivity contribution in [2.45, 2.75) is 38.5 Å². The van der Waals surface area contributed by atoms with Crippen molar-refractivity contribution in [3.05, 3.63) is 35.9 Å². The third kappa shape index (κ3) is 8.31. The SMILES string of the molecule is CN=C(NCCCNC(=O)C1CCC1)NCC1CC(=O)N(CCc2ccccc2)C1.I. The van der Waals surface area contributed by atoms with Gasteiger partial charge >= 0.3 is 0 Å². The maximum atomic E-state index is 12.3. The van der Waals surface area contributed by atoms with Crippen LogP contribution in [0.4, 0.5) is 0 Å². The predicted octanol–water partition coefficient (Wildman–Crippen LogP) is 2.17. The highest BCUT2D eigenvalue weighted by atomic mass is 127. The Labute approximate surface area is 202 Å². The van der Waals surface area contributed by atoms with Crippen LogP contribution in [0.5, 0.6) is 0 Å². The van der Waals surface area contributed by atoms with Crippen LogP contribution in [0, 0.1) is 11.8 Å². The first-order chi connectivity index (χ1) is 14.7. The fourth-order valence-electron chi connectivity index (χ4n) is 3.90. The fourth-order valence-corrected chi connectivity index (χ4v) is 3.90. The molecule has 1 atom stereocenters. The molecule has 3 N–H and O–H groups in total. The summed E-state index contributed by atoms with van der Waals surface area (Å²) in [6.45, 7) is 3.73. The lowest BCUT2D eigenvalue weighted by Gasteiger charge is -2.24. The number of hydrogen-bond acceptors (Lipinski definition) is 3. The molecule has 1 aliphatic heterocycles. The molecule has 1 unspecified atom stereocenters. The van der Waals surface area contributed by atoms with Gasteiger partial charge in [-0.2, -0.15) is 0 Å². The third-order valence-corrected chi connectivity index (χ3v) is 6.01. The lowest BCUT2D eigenvalue weighted by molar-refractivity contribution is -0.128. The average Bonchev–Trinajstić information content (AvgIpc) is 3.07. The van der Waals surface area contributed by atoms with Crippen molar-refractivity contribution < 1.29 is 9.59 Å². The number of nitrogens with zero attached hydrogens (tertiary/aromatic N) is 2. The highest BCUT2D eigenvalue weighted by Crippen LogP contribution is 2.26. The number of halogens is 1. The van der Waals surface area contributed by atoms with E-state index in [-0.39, 0.29) is 41.7 Å². The van der Waals surface area contributed by atoms with Gasteiger partial charge in [0.1, 0.15) is 0 Å². The normalized spacial score (nSPS) is 18.9. The zero-order valence-corrected chi connectivity index (χ0v) is 20.8. The largest absolute Gasteiger partial charge is 0.356 e. The zero-order chi connectivity index (χ0) is 21.2. The molecule has 2 amide bonds. The van der Waals surface area contributed by atoms with Gasteiger partial charge in [-0.25, -0.2) is 0 Å². The first-order valence-electron chi connectivity index (χ1n) is 11.2. The second-order valence-electron chi connectivity index (χ2n) is 8.30. The molecule has 7 nitrogen and oxygen atoms in total. The average molecular weight is 541 g/mol. The van der Waals surface area contributed by atoms with E-state index in [0.717, 1.165) is 57.8 Å². The molecular formula is C23H36IN5O2. The van der Waals surface area contributed by atoms with Crippen molar-refractivity contribution >= 4 is 41.8 Å². The first-order valence-corrected chi connectivity index (χ1v) is 11.2. The number of guanidine groups is 1. The molecule has 1 saturated heterocycles. The van der Waals surface area contributed by atoms with Crippen molar-refractivity contribution in [1.82, 2.24) is 20.9 Å². The standard InChI is InChI=1S/C23H35N5O2.HI/c1-24-23(26-13-6-12-25-22(30)20-9-5-10-20)27-16-19-15-21(29)28(17-19)14-11-18-7-3-2-4-8-18;/h2-4,7-8,19-20H,5-6,9-17H2,1H3,(H,25,30)(H2,24,26,27);1H. The maximum absolute atomic E-state index is 12.3. The second kappa shape index (κ2) is 13.5. The minimum atomic E-state index is 0. The van der Waals surface area contributed by atoms with Crippen LogP contribution < -0.4 is 16.0 Å². The topological polar surface area (TPSA) is 85.8 Å². The molecule has 0 aromatic heterocycles. The molecule has 1 aromatic carbocycles. The molecule has 2 aliphatic rings. The minimum absolute atomic E-state index is 0. The molecule has 1 aliphatic carbocycles.